The van der Waals surface area contributed by atoms with Gasteiger partial charge in [-0.1, -0.05) is 22.9 Å². The minimum atomic E-state index is -4.71. The molecule has 3 rings (SSSR count). The normalized spacial score (nSPS) is 13.7. The quantitative estimate of drug-likeness (QED) is 0.270. The SMILES string of the molecule is Cc1cc(NC(C)C)cc(-c2nnc(-c3cc(F)c(OC[C@H](N)[C@@H](C)OP(=O)(O)O)cc3Cl)s2)n1. The van der Waals surface area contributed by atoms with E-state index in [4.69, 9.17) is 31.9 Å². The van der Waals surface area contributed by atoms with Gasteiger partial charge in [-0.15, -0.1) is 10.2 Å². The van der Waals surface area contributed by atoms with Crippen molar-refractivity contribution in [3.63, 3.8) is 0 Å². The second-order valence-corrected chi connectivity index (χ2v) is 10.7. The number of anilines is 1. The number of nitrogens with two attached hydrogens (primary N) is 1. The Kier molecular flexibility index (Phi) is 8.81. The van der Waals surface area contributed by atoms with Crippen molar-refractivity contribution in [3.05, 3.63) is 40.8 Å². The van der Waals surface area contributed by atoms with Gasteiger partial charge in [-0.05, 0) is 45.9 Å². The average Bonchev–Trinajstić information content (AvgIpc) is 3.21. The van der Waals surface area contributed by atoms with Crippen LogP contribution in [0.1, 0.15) is 26.5 Å². The first-order valence-corrected chi connectivity index (χ1v) is 13.3. The van der Waals surface area contributed by atoms with Gasteiger partial charge in [0, 0.05) is 29.1 Å². The molecule has 0 saturated carbocycles. The van der Waals surface area contributed by atoms with E-state index in [9.17, 15) is 8.96 Å². The topological polar surface area (TPSA) is 153 Å². The Bertz CT molecular complexity index is 1240. The highest BCUT2D eigenvalue weighted by molar-refractivity contribution is 7.46. The molecule has 0 amide bonds. The lowest BCUT2D eigenvalue weighted by Gasteiger charge is -2.21. The summed E-state index contributed by atoms with van der Waals surface area (Å²) >= 11 is 7.59. The number of nitrogens with one attached hydrogen (secondary N) is 1. The predicted octanol–water partition coefficient (Wildman–Crippen LogP) is 4.39. The summed E-state index contributed by atoms with van der Waals surface area (Å²) in [6, 6.07) is 5.58. The number of hydrogen-bond donors (Lipinski definition) is 4. The minimum absolute atomic E-state index is 0.174. The summed E-state index contributed by atoms with van der Waals surface area (Å²) in [4.78, 5) is 22.3. The van der Waals surface area contributed by atoms with E-state index in [1.807, 2.05) is 32.9 Å². The van der Waals surface area contributed by atoms with Crippen molar-refractivity contribution in [2.75, 3.05) is 11.9 Å². The molecule has 35 heavy (non-hydrogen) atoms. The Morgan fingerprint density at radius 1 is 1.20 bits per heavy atom. The molecular weight excluding hydrogens is 520 g/mol. The largest absolute Gasteiger partial charge is 0.489 e. The van der Waals surface area contributed by atoms with Crippen LogP contribution in [0.3, 0.4) is 0 Å². The van der Waals surface area contributed by atoms with Gasteiger partial charge in [0.25, 0.3) is 0 Å². The molecule has 2 aromatic heterocycles. The molecule has 5 N–H and O–H groups in total. The van der Waals surface area contributed by atoms with E-state index in [1.54, 1.807) is 0 Å². The molecule has 190 valence electrons. The van der Waals surface area contributed by atoms with Crippen molar-refractivity contribution in [1.29, 1.82) is 0 Å². The molecule has 2 atom stereocenters. The maximum absolute atomic E-state index is 14.8. The lowest BCUT2D eigenvalue weighted by atomic mass is 10.2. The van der Waals surface area contributed by atoms with Crippen LogP contribution in [0.4, 0.5) is 10.1 Å². The van der Waals surface area contributed by atoms with Crippen LogP contribution in [0.15, 0.2) is 24.3 Å². The maximum Gasteiger partial charge on any atom is 0.469 e. The summed E-state index contributed by atoms with van der Waals surface area (Å²) in [5, 5.41) is 12.8. The number of phosphoric acid groups is 1. The van der Waals surface area contributed by atoms with Gasteiger partial charge in [0.2, 0.25) is 0 Å². The molecule has 0 spiro atoms. The number of rotatable bonds is 10. The third-order valence-electron chi connectivity index (χ3n) is 4.64. The molecule has 0 aliphatic carbocycles. The second-order valence-electron chi connectivity index (χ2n) is 8.13. The van der Waals surface area contributed by atoms with Crippen molar-refractivity contribution in [1.82, 2.24) is 15.2 Å². The molecular formula is C21H26ClFN5O5PS. The molecule has 0 fully saturated rings. The van der Waals surface area contributed by atoms with Crippen LogP contribution in [0.5, 0.6) is 5.75 Å². The molecule has 0 aliphatic rings. The average molecular weight is 546 g/mol. The van der Waals surface area contributed by atoms with E-state index in [2.05, 4.69) is 25.0 Å². The summed E-state index contributed by atoms with van der Waals surface area (Å²) in [5.74, 6) is -0.888. The molecule has 2 heterocycles. The first-order chi connectivity index (χ1) is 16.3. The van der Waals surface area contributed by atoms with Crippen LogP contribution in [0.25, 0.3) is 21.3 Å². The van der Waals surface area contributed by atoms with Crippen molar-refractivity contribution < 1.29 is 28.0 Å². The van der Waals surface area contributed by atoms with Gasteiger partial charge < -0.3 is 25.6 Å². The van der Waals surface area contributed by atoms with Gasteiger partial charge in [0.05, 0.1) is 17.2 Å². The van der Waals surface area contributed by atoms with Crippen molar-refractivity contribution in [3.8, 4) is 27.0 Å². The Hall–Kier alpha value is -2.18. The first kappa shape index (κ1) is 27.4. The first-order valence-electron chi connectivity index (χ1n) is 10.5. The predicted molar refractivity (Wildman–Crippen MR) is 133 cm³/mol. The summed E-state index contributed by atoms with van der Waals surface area (Å²) in [5.41, 5.74) is 8.49. The van der Waals surface area contributed by atoms with E-state index in [0.29, 0.717) is 21.3 Å². The van der Waals surface area contributed by atoms with Gasteiger partial charge in [-0.3, -0.25) is 9.51 Å². The fourth-order valence-electron chi connectivity index (χ4n) is 3.05. The van der Waals surface area contributed by atoms with Crippen LogP contribution < -0.4 is 15.8 Å². The number of phosphoric ester groups is 1. The van der Waals surface area contributed by atoms with Crippen molar-refractivity contribution in [2.24, 2.45) is 5.73 Å². The van der Waals surface area contributed by atoms with E-state index in [0.717, 1.165) is 11.4 Å². The third kappa shape index (κ3) is 7.65. The zero-order valence-corrected chi connectivity index (χ0v) is 21.9. The molecule has 0 bridgehead atoms. The van der Waals surface area contributed by atoms with Gasteiger partial charge >= 0.3 is 7.82 Å². The summed E-state index contributed by atoms with van der Waals surface area (Å²) in [6.45, 7) is 7.06. The van der Waals surface area contributed by atoms with Gasteiger partial charge in [0.15, 0.2) is 16.6 Å². The number of hydrogen-bond acceptors (Lipinski definition) is 9. The van der Waals surface area contributed by atoms with Crippen molar-refractivity contribution in [2.45, 2.75) is 45.9 Å². The Balaban J connectivity index is 1.77. The van der Waals surface area contributed by atoms with E-state index < -0.39 is 25.8 Å². The fraction of sp³-hybridized carbons (Fsp3) is 0.381. The second kappa shape index (κ2) is 11.3. The summed E-state index contributed by atoms with van der Waals surface area (Å²) in [7, 11) is -4.71. The van der Waals surface area contributed by atoms with Crippen LogP contribution in [0.2, 0.25) is 5.02 Å². The molecule has 10 nitrogen and oxygen atoms in total. The molecule has 0 saturated heterocycles. The van der Waals surface area contributed by atoms with E-state index in [-0.39, 0.29) is 23.4 Å². The van der Waals surface area contributed by atoms with Gasteiger partial charge in [-0.25, -0.2) is 8.96 Å². The number of aryl methyl sites for hydroxylation is 1. The molecule has 14 heteroatoms. The molecule has 0 aliphatic heterocycles. The van der Waals surface area contributed by atoms with E-state index in [1.165, 1.54) is 30.4 Å². The summed E-state index contributed by atoms with van der Waals surface area (Å²) in [6.07, 6.45) is -1.03. The standard InChI is InChI=1S/C21H26ClFN5O5PS/c1-10(2)25-13-5-11(3)26-18(6-13)21-28-27-20(35-21)14-7-16(23)19(8-15(14)22)32-9-17(24)12(4)33-34(29,30)31/h5-8,10,12,17H,9,24H2,1-4H3,(H,25,26)(H2,29,30,31)/t12-,17+/m1/s1. The van der Waals surface area contributed by atoms with Crippen LogP contribution in [-0.4, -0.2) is 49.8 Å². The van der Waals surface area contributed by atoms with Crippen LogP contribution in [0, 0.1) is 12.7 Å². The molecule has 1 aromatic carbocycles. The fourth-order valence-corrected chi connectivity index (χ4v) is 4.77. The molecule has 0 unspecified atom stereocenters. The zero-order valence-electron chi connectivity index (χ0n) is 19.4. The minimum Gasteiger partial charge on any atom is -0.489 e. The number of nitrogens with zero attached hydrogens (tertiary/aromatic N) is 3. The Labute approximate surface area is 210 Å². The lowest BCUT2D eigenvalue weighted by Crippen LogP contribution is -2.39. The number of pyridine rings is 1. The third-order valence-corrected chi connectivity index (χ3v) is 6.54. The smallest absolute Gasteiger partial charge is 0.469 e. The highest BCUT2D eigenvalue weighted by Crippen LogP contribution is 2.39. The highest BCUT2D eigenvalue weighted by Gasteiger charge is 2.25. The lowest BCUT2D eigenvalue weighted by molar-refractivity contribution is 0.106. The van der Waals surface area contributed by atoms with Crippen LogP contribution in [-0.2, 0) is 9.09 Å². The number of ether oxygens (including phenoxy) is 1. The van der Waals surface area contributed by atoms with Gasteiger partial charge in [-0.2, -0.15) is 0 Å². The number of aromatic nitrogens is 3. The Morgan fingerprint density at radius 3 is 2.54 bits per heavy atom. The molecule has 0 radical (unpaired) electrons. The van der Waals surface area contributed by atoms with E-state index >= 15 is 0 Å². The monoisotopic (exact) mass is 545 g/mol. The Morgan fingerprint density at radius 2 is 1.89 bits per heavy atom. The number of benzene rings is 1. The summed E-state index contributed by atoms with van der Waals surface area (Å²) < 4.78 is 35.6. The van der Waals surface area contributed by atoms with Crippen LogP contribution >= 0.6 is 30.8 Å². The zero-order chi connectivity index (χ0) is 25.9. The van der Waals surface area contributed by atoms with Crippen molar-refractivity contribution >= 4 is 36.4 Å². The molecule has 3 aromatic rings. The highest BCUT2D eigenvalue weighted by atomic mass is 35.5. The maximum atomic E-state index is 14.8. The number of halogens is 2. The van der Waals surface area contributed by atoms with Gasteiger partial charge in [0.1, 0.15) is 17.3 Å².